The second-order valence-corrected chi connectivity index (χ2v) is 21.0. The number of ether oxygens (including phenoxy) is 3. The molecule has 2 unspecified atom stereocenters. The van der Waals surface area contributed by atoms with E-state index in [-0.39, 0.29) is 24.3 Å². The van der Waals surface area contributed by atoms with Crippen LogP contribution in [0.2, 0.25) is 0 Å². The number of anilines is 2. The topological polar surface area (TPSA) is 174 Å². The van der Waals surface area contributed by atoms with E-state index in [1.54, 1.807) is 6.33 Å². The van der Waals surface area contributed by atoms with Crippen LogP contribution in [-0.4, -0.2) is 99.8 Å². The van der Waals surface area contributed by atoms with Crippen LogP contribution in [0, 0.1) is 5.92 Å². The van der Waals surface area contributed by atoms with Gasteiger partial charge in [-0.15, -0.1) is 0 Å². The van der Waals surface area contributed by atoms with Crippen LogP contribution < -0.4 is 20.5 Å². The smallest absolute Gasteiger partial charge is 0.146 e. The van der Waals surface area contributed by atoms with E-state index in [2.05, 4.69) is 97.4 Å². The van der Waals surface area contributed by atoms with Crippen LogP contribution in [0.1, 0.15) is 80.3 Å². The Balaban J connectivity index is 0.833. The molecule has 3 fully saturated rings. The van der Waals surface area contributed by atoms with Crippen molar-refractivity contribution < 1.29 is 23.9 Å². The van der Waals surface area contributed by atoms with E-state index in [0.29, 0.717) is 43.6 Å². The minimum absolute atomic E-state index is 0.00770. The maximum atomic E-state index is 12.3. The van der Waals surface area contributed by atoms with Crippen molar-refractivity contribution in [2.45, 2.75) is 88.3 Å². The van der Waals surface area contributed by atoms with Gasteiger partial charge in [-0.1, -0.05) is 65.8 Å². The number of nitrogen functional groups attached to an aromatic ring is 1. The summed E-state index contributed by atoms with van der Waals surface area (Å²) in [6, 6.07) is 23.5. The van der Waals surface area contributed by atoms with E-state index >= 15 is 0 Å². The van der Waals surface area contributed by atoms with Gasteiger partial charge in [0.2, 0.25) is 0 Å². The molecule has 0 radical (unpaired) electrons. The number of hydrogen-bond donors (Lipinski definition) is 3. The molecule has 1 saturated heterocycles. The van der Waals surface area contributed by atoms with Gasteiger partial charge in [0.25, 0.3) is 0 Å². The summed E-state index contributed by atoms with van der Waals surface area (Å²) in [6.07, 6.45) is 14.1. The van der Waals surface area contributed by atoms with E-state index in [0.717, 1.165) is 125 Å². The van der Waals surface area contributed by atoms with E-state index in [9.17, 15) is 9.66 Å². The van der Waals surface area contributed by atoms with Crippen molar-refractivity contribution >= 4 is 44.9 Å². The molecule has 15 heteroatoms. The third-order valence-electron chi connectivity index (χ3n) is 14.9. The minimum atomic E-state index is -1.25. The van der Waals surface area contributed by atoms with Gasteiger partial charge in [-0.25, -0.2) is 19.9 Å². The number of fused-ring (bicyclic) bond motifs is 4. The first-order chi connectivity index (χ1) is 32.8. The Morgan fingerprint density at radius 1 is 0.821 bits per heavy atom. The molecule has 0 bridgehead atoms. The number of rotatable bonds is 12. The van der Waals surface area contributed by atoms with Crippen molar-refractivity contribution in [3.63, 3.8) is 0 Å². The van der Waals surface area contributed by atoms with Crippen molar-refractivity contribution in [3.05, 3.63) is 108 Å². The van der Waals surface area contributed by atoms with Gasteiger partial charge in [0.15, 0.2) is 0 Å². The van der Waals surface area contributed by atoms with Crippen molar-refractivity contribution in [2.24, 2.45) is 5.92 Å². The molecule has 2 atom stereocenters. The molecule has 5 aliphatic rings. The lowest BCUT2D eigenvalue weighted by Crippen LogP contribution is -2.51. The lowest BCUT2D eigenvalue weighted by molar-refractivity contribution is -0.0414. The largest absolute Gasteiger partial charge is 0.616 e. The fourth-order valence-electron chi connectivity index (χ4n) is 11.2. The normalized spacial score (nSPS) is 25.1. The van der Waals surface area contributed by atoms with Gasteiger partial charge in [0, 0.05) is 74.7 Å². The Hall–Kier alpha value is -5.71. The summed E-state index contributed by atoms with van der Waals surface area (Å²) in [6.45, 7) is 6.09. The van der Waals surface area contributed by atoms with Crippen LogP contribution in [0.15, 0.2) is 91.8 Å². The molecule has 2 saturated carbocycles. The molecule has 3 aromatic carbocycles. The van der Waals surface area contributed by atoms with Gasteiger partial charge >= 0.3 is 0 Å². The average molecular weight is 920 g/mol. The number of nitrogens with two attached hydrogens (primary N) is 1. The zero-order valence-corrected chi connectivity index (χ0v) is 38.7. The molecule has 14 nitrogen and oxygen atoms in total. The van der Waals surface area contributed by atoms with Crippen LogP contribution in [0.4, 0.5) is 11.6 Å². The highest BCUT2D eigenvalue weighted by atomic mass is 32.2. The molecule has 12 rings (SSSR count). The van der Waals surface area contributed by atoms with Crippen molar-refractivity contribution in [2.75, 3.05) is 55.4 Å². The van der Waals surface area contributed by atoms with Crippen LogP contribution in [0.25, 0.3) is 44.3 Å². The van der Waals surface area contributed by atoms with Gasteiger partial charge in [-0.3, -0.25) is 4.90 Å². The molecule has 3 aliphatic heterocycles. The highest BCUT2D eigenvalue weighted by Gasteiger charge is 2.46. The lowest BCUT2D eigenvalue weighted by atomic mass is 9.79. The number of aryl methyl sites for hydroxylation is 2. The predicted molar refractivity (Wildman–Crippen MR) is 261 cm³/mol. The summed E-state index contributed by atoms with van der Waals surface area (Å²) >= 11 is -0.684. The van der Waals surface area contributed by atoms with E-state index in [1.807, 2.05) is 13.0 Å². The zero-order valence-electron chi connectivity index (χ0n) is 37.8. The van der Waals surface area contributed by atoms with Gasteiger partial charge < -0.3 is 44.1 Å². The Morgan fingerprint density at radius 2 is 1.48 bits per heavy atom. The van der Waals surface area contributed by atoms with Gasteiger partial charge in [0.05, 0.1) is 17.4 Å². The molecular weight excluding hydrogens is 863 g/mol. The fourth-order valence-corrected chi connectivity index (χ4v) is 12.3. The van der Waals surface area contributed by atoms with Crippen LogP contribution in [-0.2, 0) is 28.8 Å². The summed E-state index contributed by atoms with van der Waals surface area (Å²) in [5.74, 6) is 4.88. The molecule has 4 N–H and O–H groups in total. The Kier molecular flexibility index (Phi) is 11.1. The van der Waals surface area contributed by atoms with Crippen LogP contribution in [0.3, 0.4) is 0 Å². The molecule has 7 aromatic rings. The Morgan fingerprint density at radius 3 is 2.21 bits per heavy atom. The maximum absolute atomic E-state index is 12.3. The SMILES string of the molecule is CCOCC1CCc2ccc(-c3cn(C4CC(CN5CC[S+]([O-])CC5)C4)c4ncnc(NC5(O)CC(n6cc(-c7ccc8c(c7)OC(c7ccccc7)CC8)c7c(N)ncnc76)C5)c34)cc2O1. The molecule has 2 aliphatic carbocycles. The predicted octanol–water partition coefficient (Wildman–Crippen LogP) is 8.04. The van der Waals surface area contributed by atoms with Gasteiger partial charge in [-0.05, 0) is 91.3 Å². The average Bonchev–Trinajstić information content (AvgIpc) is 3.92. The van der Waals surface area contributed by atoms with Crippen molar-refractivity contribution in [1.82, 2.24) is 34.0 Å². The number of hydrogen-bond acceptors (Lipinski definition) is 12. The summed E-state index contributed by atoms with van der Waals surface area (Å²) in [5, 5.41) is 17.5. The first-order valence-corrected chi connectivity index (χ1v) is 25.5. The van der Waals surface area contributed by atoms with Crippen LogP contribution >= 0.6 is 0 Å². The number of nitrogens with zero attached hydrogens (tertiary/aromatic N) is 7. The lowest BCUT2D eigenvalue weighted by Gasteiger charge is -2.45. The molecule has 4 aromatic heterocycles. The van der Waals surface area contributed by atoms with Gasteiger partial charge in [0.1, 0.15) is 76.5 Å². The molecule has 7 heterocycles. The maximum Gasteiger partial charge on any atom is 0.146 e. The number of aliphatic hydroxyl groups is 1. The second kappa shape index (κ2) is 17.4. The number of benzene rings is 3. The first kappa shape index (κ1) is 42.6. The van der Waals surface area contributed by atoms with E-state index in [1.165, 1.54) is 23.0 Å². The molecular formula is C52H57N9O5S. The standard InChI is InChI=1S/C52H57N9O5S/c1-2-64-29-40-14-12-34-8-11-37(22-44(34)65-40)42-28-60(38-20-32(21-38)26-59-16-18-67(63)19-17-59)51-47(42)49(55-31-57-51)58-52(62)24-39(25-52)61-27-41(46-48(53)54-30-56-50(46)61)36-10-9-35-13-15-43(66-45(35)23-36)33-6-4-3-5-7-33/h3-11,22-23,27-28,30-32,38-40,43,62H,2,12-21,24-26,29H2,1H3,(H2,53,54,56)(H,55,57,58). The highest BCUT2D eigenvalue weighted by molar-refractivity contribution is 7.91. The molecule has 0 spiro atoms. The van der Waals surface area contributed by atoms with Crippen LogP contribution in [0.5, 0.6) is 11.5 Å². The first-order valence-electron chi connectivity index (χ1n) is 24.0. The highest BCUT2D eigenvalue weighted by Crippen LogP contribution is 2.49. The quantitative estimate of drug-likeness (QED) is 0.0797. The second-order valence-electron chi connectivity index (χ2n) is 19.3. The molecule has 67 heavy (non-hydrogen) atoms. The van der Waals surface area contributed by atoms with E-state index < -0.39 is 16.9 Å². The summed E-state index contributed by atoms with van der Waals surface area (Å²) in [5.41, 5.74) is 14.4. The summed E-state index contributed by atoms with van der Waals surface area (Å²) < 4.78 is 35.4. The summed E-state index contributed by atoms with van der Waals surface area (Å²) in [4.78, 5) is 21.4. The molecule has 0 amide bonds. The van der Waals surface area contributed by atoms with Crippen molar-refractivity contribution in [3.8, 4) is 33.8 Å². The van der Waals surface area contributed by atoms with Crippen molar-refractivity contribution in [1.29, 1.82) is 0 Å². The Bertz CT molecular complexity index is 2940. The third kappa shape index (κ3) is 8.07. The molecule has 346 valence electrons. The fraction of sp³-hybridized carbons (Fsp3) is 0.423. The monoisotopic (exact) mass is 919 g/mol. The number of nitrogens with one attached hydrogen (secondary N) is 1. The summed E-state index contributed by atoms with van der Waals surface area (Å²) in [7, 11) is 0. The van der Waals surface area contributed by atoms with E-state index in [4.69, 9.17) is 34.9 Å². The minimum Gasteiger partial charge on any atom is -0.616 e. The zero-order chi connectivity index (χ0) is 45.2. The van der Waals surface area contributed by atoms with Gasteiger partial charge in [-0.2, -0.15) is 0 Å². The third-order valence-corrected chi connectivity index (χ3v) is 16.2. The Labute approximate surface area is 393 Å². The number of aromatic nitrogens is 6.